The van der Waals surface area contributed by atoms with Crippen molar-refractivity contribution < 1.29 is 9.59 Å². The molecule has 3 amide bonds. The Balaban J connectivity index is 1.90. The maximum absolute atomic E-state index is 12.6. The lowest BCUT2D eigenvalue weighted by molar-refractivity contribution is -0.119. The van der Waals surface area contributed by atoms with Crippen molar-refractivity contribution in [1.82, 2.24) is 20.6 Å². The van der Waals surface area contributed by atoms with E-state index in [0.717, 1.165) is 22.2 Å². The second kappa shape index (κ2) is 7.40. The third-order valence-electron chi connectivity index (χ3n) is 3.65. The molecular weight excluding hydrogens is 336 g/mol. The number of carbonyl (C=O) groups excluding carboxylic acids is 2. The molecule has 6 nitrogen and oxygen atoms in total. The van der Waals surface area contributed by atoms with Gasteiger partial charge in [0.25, 0.3) is 0 Å². The SMILES string of the molecule is CNC(=O)NC(=O)[C@@H](Sc1nc2ccc(C)cc2[nH]1)c1ccccc1. The Morgan fingerprint density at radius 2 is 1.92 bits per heavy atom. The molecule has 2 aromatic carbocycles. The highest BCUT2D eigenvalue weighted by molar-refractivity contribution is 8.00. The Labute approximate surface area is 149 Å². The number of thioether (sulfide) groups is 1. The summed E-state index contributed by atoms with van der Waals surface area (Å²) >= 11 is 1.28. The molecule has 1 heterocycles. The number of urea groups is 1. The van der Waals surface area contributed by atoms with Gasteiger partial charge < -0.3 is 10.3 Å². The minimum atomic E-state index is -0.597. The number of imidazole rings is 1. The summed E-state index contributed by atoms with van der Waals surface area (Å²) in [6.07, 6.45) is 0. The number of amides is 3. The number of imide groups is 1. The van der Waals surface area contributed by atoms with Crippen LogP contribution in [-0.2, 0) is 4.79 Å². The number of aromatic nitrogens is 2. The predicted octanol–water partition coefficient (Wildman–Crippen LogP) is 3.16. The molecule has 0 bridgehead atoms. The fourth-order valence-corrected chi connectivity index (χ4v) is 3.41. The number of hydrogen-bond acceptors (Lipinski definition) is 4. The van der Waals surface area contributed by atoms with Gasteiger partial charge in [0, 0.05) is 7.05 Å². The van der Waals surface area contributed by atoms with Gasteiger partial charge in [-0.25, -0.2) is 9.78 Å². The van der Waals surface area contributed by atoms with Crippen molar-refractivity contribution in [2.24, 2.45) is 0 Å². The van der Waals surface area contributed by atoms with Crippen LogP contribution in [0.5, 0.6) is 0 Å². The van der Waals surface area contributed by atoms with Crippen molar-refractivity contribution in [2.45, 2.75) is 17.3 Å². The van der Waals surface area contributed by atoms with Crippen molar-refractivity contribution >= 4 is 34.7 Å². The van der Waals surface area contributed by atoms with Crippen LogP contribution in [0, 0.1) is 6.92 Å². The highest BCUT2D eigenvalue weighted by Gasteiger charge is 2.24. The van der Waals surface area contributed by atoms with Crippen LogP contribution in [0.2, 0.25) is 0 Å². The van der Waals surface area contributed by atoms with E-state index in [1.165, 1.54) is 18.8 Å². The molecule has 1 atom stereocenters. The van der Waals surface area contributed by atoms with E-state index in [4.69, 9.17) is 0 Å². The first-order valence-corrected chi connectivity index (χ1v) is 8.65. The van der Waals surface area contributed by atoms with Gasteiger partial charge in [-0.05, 0) is 30.2 Å². The number of carbonyl (C=O) groups is 2. The molecular formula is C18H18N4O2S. The first-order chi connectivity index (χ1) is 12.1. The van der Waals surface area contributed by atoms with Crippen LogP contribution < -0.4 is 10.6 Å². The van der Waals surface area contributed by atoms with Crippen molar-refractivity contribution in [2.75, 3.05) is 7.05 Å². The zero-order valence-corrected chi connectivity index (χ0v) is 14.7. The van der Waals surface area contributed by atoms with Crippen LogP contribution in [0.15, 0.2) is 53.7 Å². The lowest BCUT2D eigenvalue weighted by Crippen LogP contribution is -2.39. The van der Waals surface area contributed by atoms with Gasteiger partial charge in [0.15, 0.2) is 5.16 Å². The Morgan fingerprint density at radius 1 is 1.16 bits per heavy atom. The quantitative estimate of drug-likeness (QED) is 0.628. The van der Waals surface area contributed by atoms with Gasteiger partial charge >= 0.3 is 6.03 Å². The molecule has 3 N–H and O–H groups in total. The molecule has 0 aliphatic carbocycles. The van der Waals surface area contributed by atoms with Crippen LogP contribution in [-0.4, -0.2) is 29.0 Å². The molecule has 3 aromatic rings. The molecule has 7 heteroatoms. The number of aromatic amines is 1. The van der Waals surface area contributed by atoms with Gasteiger partial charge in [-0.15, -0.1) is 0 Å². The highest BCUT2D eigenvalue weighted by atomic mass is 32.2. The lowest BCUT2D eigenvalue weighted by atomic mass is 10.1. The number of H-pyrrole nitrogens is 1. The van der Waals surface area contributed by atoms with Crippen LogP contribution in [0.4, 0.5) is 4.79 Å². The minimum Gasteiger partial charge on any atom is -0.341 e. The lowest BCUT2D eigenvalue weighted by Gasteiger charge is -2.14. The van der Waals surface area contributed by atoms with Gasteiger partial charge in [0.1, 0.15) is 5.25 Å². The second-order valence-electron chi connectivity index (χ2n) is 5.54. The van der Waals surface area contributed by atoms with Crippen molar-refractivity contribution in [3.63, 3.8) is 0 Å². The number of hydrogen-bond donors (Lipinski definition) is 3. The third-order valence-corrected chi connectivity index (χ3v) is 4.79. The number of nitrogens with zero attached hydrogens (tertiary/aromatic N) is 1. The number of benzene rings is 2. The number of rotatable bonds is 4. The molecule has 25 heavy (non-hydrogen) atoms. The van der Waals surface area contributed by atoms with Gasteiger partial charge in [0.2, 0.25) is 5.91 Å². The number of aryl methyl sites for hydroxylation is 1. The van der Waals surface area contributed by atoms with Gasteiger partial charge in [-0.1, -0.05) is 48.2 Å². The van der Waals surface area contributed by atoms with Crippen molar-refractivity contribution in [3.05, 3.63) is 59.7 Å². The standard InChI is InChI=1S/C18H18N4O2S/c1-11-8-9-13-14(10-11)21-18(20-13)25-15(12-6-4-3-5-7-12)16(23)22-17(24)19-2/h3-10,15H,1-2H3,(H,20,21)(H2,19,22,23,24)/t15-/m0/s1. The van der Waals surface area contributed by atoms with E-state index in [0.29, 0.717) is 5.16 Å². The van der Waals surface area contributed by atoms with E-state index < -0.39 is 17.2 Å². The van der Waals surface area contributed by atoms with Crippen LogP contribution in [0.1, 0.15) is 16.4 Å². The van der Waals surface area contributed by atoms with Gasteiger partial charge in [-0.2, -0.15) is 0 Å². The number of fused-ring (bicyclic) bond motifs is 1. The van der Waals surface area contributed by atoms with E-state index in [1.807, 2.05) is 55.5 Å². The summed E-state index contributed by atoms with van der Waals surface area (Å²) in [5.74, 6) is -0.396. The smallest absolute Gasteiger partial charge is 0.321 e. The summed E-state index contributed by atoms with van der Waals surface area (Å²) < 4.78 is 0. The second-order valence-corrected chi connectivity index (χ2v) is 6.63. The Hall–Kier alpha value is -2.80. The molecule has 0 fully saturated rings. The summed E-state index contributed by atoms with van der Waals surface area (Å²) in [6.45, 7) is 2.01. The summed E-state index contributed by atoms with van der Waals surface area (Å²) in [7, 11) is 1.47. The minimum absolute atomic E-state index is 0.396. The van der Waals surface area contributed by atoms with Crippen molar-refractivity contribution in [3.8, 4) is 0 Å². The maximum atomic E-state index is 12.6. The molecule has 3 rings (SSSR count). The highest BCUT2D eigenvalue weighted by Crippen LogP contribution is 2.34. The molecule has 0 radical (unpaired) electrons. The molecule has 0 aliphatic rings. The van der Waals surface area contributed by atoms with Crippen LogP contribution in [0.25, 0.3) is 11.0 Å². The molecule has 0 saturated carbocycles. The average Bonchev–Trinajstić information content (AvgIpc) is 3.01. The first-order valence-electron chi connectivity index (χ1n) is 7.77. The third kappa shape index (κ3) is 4.00. The summed E-state index contributed by atoms with van der Waals surface area (Å²) in [4.78, 5) is 31.8. The Bertz CT molecular complexity index is 908. The average molecular weight is 354 g/mol. The number of nitrogens with one attached hydrogen (secondary N) is 3. The van der Waals surface area contributed by atoms with Gasteiger partial charge in [0.05, 0.1) is 11.0 Å². The molecule has 0 aliphatic heterocycles. The van der Waals surface area contributed by atoms with Crippen LogP contribution >= 0.6 is 11.8 Å². The molecule has 128 valence electrons. The monoisotopic (exact) mass is 354 g/mol. The van der Waals surface area contributed by atoms with E-state index in [-0.39, 0.29) is 0 Å². The van der Waals surface area contributed by atoms with E-state index in [9.17, 15) is 9.59 Å². The molecule has 0 unspecified atom stereocenters. The Morgan fingerprint density at radius 3 is 2.64 bits per heavy atom. The largest absolute Gasteiger partial charge is 0.341 e. The molecule has 0 spiro atoms. The van der Waals surface area contributed by atoms with E-state index in [1.54, 1.807) is 0 Å². The molecule has 1 aromatic heterocycles. The van der Waals surface area contributed by atoms with Crippen LogP contribution in [0.3, 0.4) is 0 Å². The van der Waals surface area contributed by atoms with E-state index in [2.05, 4.69) is 20.6 Å². The first kappa shape index (κ1) is 17.0. The predicted molar refractivity (Wildman–Crippen MR) is 98.5 cm³/mol. The van der Waals surface area contributed by atoms with E-state index >= 15 is 0 Å². The summed E-state index contributed by atoms with van der Waals surface area (Å²) in [5.41, 5.74) is 3.68. The zero-order chi connectivity index (χ0) is 17.8. The summed E-state index contributed by atoms with van der Waals surface area (Å²) in [5, 5.41) is 4.76. The fourth-order valence-electron chi connectivity index (χ4n) is 2.41. The van der Waals surface area contributed by atoms with Gasteiger partial charge in [-0.3, -0.25) is 10.1 Å². The zero-order valence-electron chi connectivity index (χ0n) is 13.9. The van der Waals surface area contributed by atoms with Crippen molar-refractivity contribution in [1.29, 1.82) is 0 Å². The maximum Gasteiger partial charge on any atom is 0.321 e. The summed E-state index contributed by atoms with van der Waals surface area (Å²) in [6, 6.07) is 14.7. The normalized spacial score (nSPS) is 11.9. The molecule has 0 saturated heterocycles. The fraction of sp³-hybridized carbons (Fsp3) is 0.167. The topological polar surface area (TPSA) is 86.9 Å². The Kier molecular flexibility index (Phi) is 5.04.